The van der Waals surface area contributed by atoms with Crippen molar-refractivity contribution in [3.05, 3.63) is 56.0 Å². The van der Waals surface area contributed by atoms with E-state index in [1.807, 2.05) is 25.7 Å². The number of aliphatic carboxylic acids is 1. The van der Waals surface area contributed by atoms with Crippen LogP contribution in [0.2, 0.25) is 20.1 Å². The summed E-state index contributed by atoms with van der Waals surface area (Å²) in [5, 5.41) is 14.8. The van der Waals surface area contributed by atoms with E-state index in [0.717, 1.165) is 0 Å². The van der Waals surface area contributed by atoms with Crippen LogP contribution in [0.4, 0.5) is 11.4 Å². The van der Waals surface area contributed by atoms with E-state index in [1.54, 1.807) is 29.2 Å². The summed E-state index contributed by atoms with van der Waals surface area (Å²) >= 11 is 25.6. The minimum absolute atomic E-state index is 0.213. The minimum Gasteiger partial charge on any atom is -0.481 e. The second kappa shape index (κ2) is 9.77. The van der Waals surface area contributed by atoms with Crippen molar-refractivity contribution in [3.8, 4) is 0 Å². The van der Waals surface area contributed by atoms with E-state index in [1.165, 1.54) is 6.07 Å². The molecule has 7 nitrogen and oxygen atoms in total. The largest absolute Gasteiger partial charge is 0.481 e. The molecule has 2 fully saturated rings. The number of halogens is 4. The molecule has 11 heteroatoms. The molecule has 2 aromatic rings. The lowest BCUT2D eigenvalue weighted by Gasteiger charge is -2.37. The van der Waals surface area contributed by atoms with Crippen molar-refractivity contribution in [1.29, 1.82) is 0 Å². The molecular formula is C29H31Cl4N3O4. The fourth-order valence-electron chi connectivity index (χ4n) is 6.90. The Hall–Kier alpha value is -2.03. The Morgan fingerprint density at radius 1 is 1.05 bits per heavy atom. The van der Waals surface area contributed by atoms with Gasteiger partial charge in [-0.25, -0.2) is 0 Å². The van der Waals surface area contributed by atoms with Crippen LogP contribution in [0.1, 0.15) is 46.6 Å². The lowest BCUT2D eigenvalue weighted by Crippen LogP contribution is -2.54. The van der Waals surface area contributed by atoms with Crippen molar-refractivity contribution in [1.82, 2.24) is 4.90 Å². The molecule has 3 aliphatic rings. The fourth-order valence-corrected chi connectivity index (χ4v) is 7.95. The maximum Gasteiger partial charge on any atom is 0.310 e. The molecule has 0 bridgehead atoms. The normalized spacial score (nSPS) is 27.0. The van der Waals surface area contributed by atoms with Gasteiger partial charge in [-0.15, -0.1) is 0 Å². The van der Waals surface area contributed by atoms with E-state index in [2.05, 4.69) is 19.2 Å². The summed E-state index contributed by atoms with van der Waals surface area (Å²) in [6.45, 7) is 10.7. The predicted molar refractivity (Wildman–Crippen MR) is 159 cm³/mol. The van der Waals surface area contributed by atoms with Crippen molar-refractivity contribution in [3.63, 3.8) is 0 Å². The van der Waals surface area contributed by atoms with Crippen LogP contribution in [0.3, 0.4) is 0 Å². The zero-order valence-electron chi connectivity index (χ0n) is 22.8. The van der Waals surface area contributed by atoms with Gasteiger partial charge in [-0.1, -0.05) is 81.0 Å². The zero-order chi connectivity index (χ0) is 29.5. The molecule has 1 spiro atoms. The number of nitrogens with zero attached hydrogens (tertiary/aromatic N) is 2. The summed E-state index contributed by atoms with van der Waals surface area (Å²) in [5.74, 6) is -4.64. The summed E-state index contributed by atoms with van der Waals surface area (Å²) in [4.78, 5) is 45.5. The number of anilines is 2. The van der Waals surface area contributed by atoms with E-state index in [9.17, 15) is 19.5 Å². The molecule has 5 rings (SSSR count). The quantitative estimate of drug-likeness (QED) is 0.383. The Kier molecular flexibility index (Phi) is 7.20. The second-order valence-electron chi connectivity index (χ2n) is 13.0. The lowest BCUT2D eigenvalue weighted by molar-refractivity contribution is -0.152. The standard InChI is InChI=1S/C29H31Cl4N3O4/c1-27(2,3)12-35(17-7-14(30)6-15(31)8-17)24(37)21-20-11-28(4,5)13-36(20)29(22(21)25(38)39)18-9-16(32)10-19(33)23(18)34-26(29)40/h6-10,20-22H,11-13H2,1-5H3,(H,34,40)(H,38,39)/t20-,21+,22-,29?/m1/s1. The lowest BCUT2D eigenvalue weighted by atomic mass is 9.71. The smallest absolute Gasteiger partial charge is 0.310 e. The first-order valence-electron chi connectivity index (χ1n) is 13.0. The molecule has 4 atom stereocenters. The van der Waals surface area contributed by atoms with E-state index in [4.69, 9.17) is 46.4 Å². The van der Waals surface area contributed by atoms with Gasteiger partial charge >= 0.3 is 5.97 Å². The van der Waals surface area contributed by atoms with Crippen LogP contribution in [0, 0.1) is 22.7 Å². The number of benzene rings is 2. The first-order chi connectivity index (χ1) is 18.5. The molecule has 40 heavy (non-hydrogen) atoms. The molecule has 0 radical (unpaired) electrons. The van der Waals surface area contributed by atoms with Crippen LogP contribution in [0.25, 0.3) is 0 Å². The topological polar surface area (TPSA) is 90.0 Å². The Morgan fingerprint density at radius 2 is 1.65 bits per heavy atom. The highest BCUT2D eigenvalue weighted by Crippen LogP contribution is 2.61. The summed E-state index contributed by atoms with van der Waals surface area (Å²) in [5.41, 5.74) is -1.14. The average molecular weight is 627 g/mol. The van der Waals surface area contributed by atoms with Gasteiger partial charge in [0.2, 0.25) is 5.91 Å². The number of hydrogen-bond donors (Lipinski definition) is 2. The van der Waals surface area contributed by atoms with Gasteiger partial charge in [-0.2, -0.15) is 0 Å². The first kappa shape index (κ1) is 29.5. The number of rotatable bonds is 4. The van der Waals surface area contributed by atoms with Crippen molar-refractivity contribution in [2.45, 2.75) is 52.6 Å². The number of nitrogens with one attached hydrogen (secondary N) is 1. The molecule has 2 saturated heterocycles. The molecule has 214 valence electrons. The van der Waals surface area contributed by atoms with E-state index < -0.39 is 41.2 Å². The molecular weight excluding hydrogens is 596 g/mol. The zero-order valence-corrected chi connectivity index (χ0v) is 25.8. The maximum absolute atomic E-state index is 14.8. The molecule has 0 aliphatic carbocycles. The van der Waals surface area contributed by atoms with Crippen LogP contribution in [-0.4, -0.2) is 46.9 Å². The van der Waals surface area contributed by atoms with Crippen molar-refractivity contribution in [2.24, 2.45) is 22.7 Å². The van der Waals surface area contributed by atoms with Gasteiger partial charge in [-0.3, -0.25) is 19.3 Å². The third-order valence-electron chi connectivity index (χ3n) is 8.10. The van der Waals surface area contributed by atoms with Crippen LogP contribution in [0.15, 0.2) is 30.3 Å². The van der Waals surface area contributed by atoms with Crippen molar-refractivity contribution in [2.75, 3.05) is 23.3 Å². The summed E-state index contributed by atoms with van der Waals surface area (Å²) in [6.07, 6.45) is 0.519. The Morgan fingerprint density at radius 3 is 2.23 bits per heavy atom. The SMILES string of the molecule is CC(C)(C)CN(C(=O)[C@H]1[C@H]2CC(C)(C)CN2C2(C(=O)Nc3c(Cl)cc(Cl)cc32)[C@H]1C(=O)O)c1cc(Cl)cc(Cl)c1. The molecule has 2 aromatic carbocycles. The van der Waals surface area contributed by atoms with Crippen LogP contribution < -0.4 is 10.2 Å². The Balaban J connectivity index is 1.74. The first-order valence-corrected chi connectivity index (χ1v) is 14.6. The van der Waals surface area contributed by atoms with E-state index >= 15 is 0 Å². The molecule has 2 N–H and O–H groups in total. The van der Waals surface area contributed by atoms with Gasteiger partial charge in [0.25, 0.3) is 5.91 Å². The number of fused-ring (bicyclic) bond motifs is 4. The minimum atomic E-state index is -1.67. The monoisotopic (exact) mass is 625 g/mol. The highest BCUT2D eigenvalue weighted by Gasteiger charge is 2.73. The summed E-state index contributed by atoms with van der Waals surface area (Å²) < 4.78 is 0. The van der Waals surface area contributed by atoms with Crippen molar-refractivity contribution < 1.29 is 19.5 Å². The second-order valence-corrected chi connectivity index (χ2v) is 14.8. The molecule has 0 saturated carbocycles. The Labute approximate surface area is 253 Å². The number of amides is 2. The maximum atomic E-state index is 14.8. The third-order valence-corrected chi connectivity index (χ3v) is 9.05. The number of hydrogen-bond acceptors (Lipinski definition) is 4. The van der Waals surface area contributed by atoms with Crippen LogP contribution in [0.5, 0.6) is 0 Å². The van der Waals surface area contributed by atoms with Gasteiger partial charge in [0.05, 0.1) is 16.6 Å². The van der Waals surface area contributed by atoms with Gasteiger partial charge in [-0.05, 0) is 47.6 Å². The summed E-state index contributed by atoms with van der Waals surface area (Å²) in [7, 11) is 0. The molecule has 3 heterocycles. The number of carbonyl (C=O) groups excluding carboxylic acids is 2. The average Bonchev–Trinajstić information content (AvgIpc) is 3.37. The van der Waals surface area contributed by atoms with Gasteiger partial charge in [0.1, 0.15) is 11.5 Å². The highest BCUT2D eigenvalue weighted by molar-refractivity contribution is 6.38. The van der Waals surface area contributed by atoms with Crippen LogP contribution in [-0.2, 0) is 19.9 Å². The van der Waals surface area contributed by atoms with E-state index in [-0.39, 0.29) is 27.4 Å². The van der Waals surface area contributed by atoms with Crippen molar-refractivity contribution >= 4 is 75.6 Å². The number of carboxylic acids is 1. The number of carbonyl (C=O) groups is 3. The van der Waals surface area contributed by atoms with Crippen LogP contribution >= 0.6 is 46.4 Å². The fraction of sp³-hybridized carbons (Fsp3) is 0.483. The summed E-state index contributed by atoms with van der Waals surface area (Å²) in [6, 6.07) is 7.43. The van der Waals surface area contributed by atoms with Gasteiger partial charge < -0.3 is 15.3 Å². The van der Waals surface area contributed by atoms with Gasteiger partial charge in [0, 0.05) is 45.5 Å². The Bertz CT molecular complexity index is 1420. The molecule has 3 aliphatic heterocycles. The third kappa shape index (κ3) is 4.68. The van der Waals surface area contributed by atoms with Gasteiger partial charge in [0.15, 0.2) is 0 Å². The highest BCUT2D eigenvalue weighted by atomic mass is 35.5. The predicted octanol–water partition coefficient (Wildman–Crippen LogP) is 6.96. The van der Waals surface area contributed by atoms with E-state index in [0.29, 0.717) is 39.9 Å². The number of carboxylic acid groups (broad SMARTS) is 1. The molecule has 0 aromatic heterocycles. The molecule has 1 unspecified atom stereocenters. The molecule has 2 amide bonds.